The lowest BCUT2D eigenvalue weighted by molar-refractivity contribution is -0.132. The Morgan fingerprint density at radius 2 is 1.80 bits per heavy atom. The quantitative estimate of drug-likeness (QED) is 0.401. The molecular weight excluding hydrogens is 391 g/mol. The van der Waals surface area contributed by atoms with Crippen LogP contribution < -0.4 is 9.64 Å². The van der Waals surface area contributed by atoms with Crippen molar-refractivity contribution in [3.05, 3.63) is 82.9 Å². The number of halogens is 1. The zero-order valence-electron chi connectivity index (χ0n) is 16.1. The number of aromatic nitrogens is 1. The average molecular weight is 408 g/mol. The van der Waals surface area contributed by atoms with Crippen LogP contribution in [-0.2, 0) is 9.59 Å². The molecule has 0 saturated carbocycles. The Labute approximate surface area is 171 Å². The fraction of sp³-hybridized carbons (Fsp3) is 0.136. The molecule has 1 atom stereocenters. The van der Waals surface area contributed by atoms with Crippen molar-refractivity contribution in [2.75, 3.05) is 12.0 Å². The molecule has 4 rings (SSSR count). The van der Waals surface area contributed by atoms with E-state index in [9.17, 15) is 19.1 Å². The number of hydrogen-bond acceptors (Lipinski definition) is 6. The fourth-order valence-electron chi connectivity index (χ4n) is 3.40. The normalized spacial score (nSPS) is 18.1. The van der Waals surface area contributed by atoms with Crippen LogP contribution in [0.4, 0.5) is 10.2 Å². The fourth-order valence-corrected chi connectivity index (χ4v) is 3.40. The highest BCUT2D eigenvalue weighted by atomic mass is 19.1. The highest BCUT2D eigenvalue weighted by molar-refractivity contribution is 6.51. The van der Waals surface area contributed by atoms with E-state index in [1.54, 1.807) is 31.2 Å². The van der Waals surface area contributed by atoms with Crippen LogP contribution in [0.15, 0.2) is 64.7 Å². The number of carbonyl (C=O) groups excluding carboxylic acids is 2. The first kappa shape index (κ1) is 19.4. The van der Waals surface area contributed by atoms with Gasteiger partial charge < -0.3 is 14.4 Å². The number of ether oxygens (including phenoxy) is 1. The molecule has 1 aromatic heterocycles. The number of benzene rings is 2. The molecule has 30 heavy (non-hydrogen) atoms. The molecule has 3 aromatic rings. The van der Waals surface area contributed by atoms with Gasteiger partial charge in [-0.25, -0.2) is 4.39 Å². The summed E-state index contributed by atoms with van der Waals surface area (Å²) < 4.78 is 23.7. The highest BCUT2D eigenvalue weighted by Crippen LogP contribution is 2.42. The molecule has 1 amide bonds. The van der Waals surface area contributed by atoms with Crippen molar-refractivity contribution in [2.24, 2.45) is 0 Å². The lowest BCUT2D eigenvalue weighted by atomic mass is 9.95. The molecule has 0 unspecified atom stereocenters. The van der Waals surface area contributed by atoms with Crippen molar-refractivity contribution < 1.29 is 28.3 Å². The van der Waals surface area contributed by atoms with Gasteiger partial charge in [0.05, 0.1) is 18.7 Å². The number of rotatable bonds is 4. The van der Waals surface area contributed by atoms with Crippen LogP contribution >= 0.6 is 0 Å². The second-order valence-electron chi connectivity index (χ2n) is 6.74. The monoisotopic (exact) mass is 408 g/mol. The molecular formula is C22H17FN2O5. The third-order valence-electron chi connectivity index (χ3n) is 4.86. The lowest BCUT2D eigenvalue weighted by Crippen LogP contribution is -2.29. The summed E-state index contributed by atoms with van der Waals surface area (Å²) in [7, 11) is 1.51. The van der Waals surface area contributed by atoms with Crippen LogP contribution in [0, 0.1) is 12.7 Å². The minimum Gasteiger partial charge on any atom is -0.507 e. The minimum absolute atomic E-state index is 0.123. The number of ketones is 1. The molecule has 0 bridgehead atoms. The Morgan fingerprint density at radius 3 is 2.37 bits per heavy atom. The van der Waals surface area contributed by atoms with E-state index in [-0.39, 0.29) is 17.2 Å². The maximum atomic E-state index is 13.5. The summed E-state index contributed by atoms with van der Waals surface area (Å²) >= 11 is 0. The van der Waals surface area contributed by atoms with Gasteiger partial charge >= 0.3 is 5.91 Å². The molecule has 1 aliphatic rings. The summed E-state index contributed by atoms with van der Waals surface area (Å²) in [6.07, 6.45) is 0. The summed E-state index contributed by atoms with van der Waals surface area (Å²) in [6, 6.07) is 12.2. The number of hydrogen-bond donors (Lipinski definition) is 1. The van der Waals surface area contributed by atoms with E-state index in [1.165, 1.54) is 37.4 Å². The van der Waals surface area contributed by atoms with Gasteiger partial charge in [0, 0.05) is 11.6 Å². The number of aryl methyl sites for hydroxylation is 1. The molecule has 8 heteroatoms. The van der Waals surface area contributed by atoms with Crippen LogP contribution in [0.1, 0.15) is 22.9 Å². The number of carbonyl (C=O) groups is 2. The van der Waals surface area contributed by atoms with Gasteiger partial charge in [0.15, 0.2) is 5.82 Å². The number of methoxy groups -OCH3 is 1. The summed E-state index contributed by atoms with van der Waals surface area (Å²) in [5.74, 6) is -1.43. The Morgan fingerprint density at radius 1 is 1.13 bits per heavy atom. The third-order valence-corrected chi connectivity index (χ3v) is 4.86. The van der Waals surface area contributed by atoms with Crippen LogP contribution in [0.3, 0.4) is 0 Å². The minimum atomic E-state index is -1.00. The van der Waals surface area contributed by atoms with Gasteiger partial charge in [-0.15, -0.1) is 0 Å². The molecule has 1 fully saturated rings. The first-order valence-corrected chi connectivity index (χ1v) is 9.05. The smallest absolute Gasteiger partial charge is 0.301 e. The van der Waals surface area contributed by atoms with E-state index in [0.29, 0.717) is 22.6 Å². The Kier molecular flexibility index (Phi) is 4.83. The topological polar surface area (TPSA) is 92.9 Å². The van der Waals surface area contributed by atoms with Crippen molar-refractivity contribution in [2.45, 2.75) is 13.0 Å². The second kappa shape index (κ2) is 7.47. The lowest BCUT2D eigenvalue weighted by Gasteiger charge is -2.22. The largest absolute Gasteiger partial charge is 0.507 e. The van der Waals surface area contributed by atoms with Gasteiger partial charge in [-0.2, -0.15) is 0 Å². The number of nitrogens with zero attached hydrogens (tertiary/aromatic N) is 2. The van der Waals surface area contributed by atoms with E-state index in [2.05, 4.69) is 5.16 Å². The highest BCUT2D eigenvalue weighted by Gasteiger charge is 2.48. The van der Waals surface area contributed by atoms with Crippen LogP contribution in [0.2, 0.25) is 0 Å². The van der Waals surface area contributed by atoms with Crippen LogP contribution in [0.5, 0.6) is 5.75 Å². The molecule has 1 saturated heterocycles. The SMILES string of the molecule is COc1ccc(C(O)=C2C(=O)C(=O)N(c3cc(C)on3)[C@@H]2c2ccc(F)cc2)cc1. The number of aliphatic hydroxyl groups is 1. The Balaban J connectivity index is 1.91. The van der Waals surface area contributed by atoms with Crippen molar-refractivity contribution in [1.29, 1.82) is 0 Å². The first-order valence-electron chi connectivity index (χ1n) is 9.05. The second-order valence-corrected chi connectivity index (χ2v) is 6.74. The maximum Gasteiger partial charge on any atom is 0.301 e. The van der Waals surface area contributed by atoms with E-state index in [0.717, 1.165) is 4.90 Å². The van der Waals surface area contributed by atoms with Gasteiger partial charge in [0.2, 0.25) is 0 Å². The molecule has 1 N–H and O–H groups in total. The summed E-state index contributed by atoms with van der Waals surface area (Å²) in [5, 5.41) is 14.8. The van der Waals surface area contributed by atoms with Crippen molar-refractivity contribution >= 4 is 23.3 Å². The molecule has 2 heterocycles. The molecule has 0 aliphatic carbocycles. The van der Waals surface area contributed by atoms with E-state index in [4.69, 9.17) is 9.26 Å². The van der Waals surface area contributed by atoms with E-state index < -0.39 is 23.5 Å². The predicted molar refractivity (Wildman–Crippen MR) is 105 cm³/mol. The number of Topliss-reactive ketones (excluding diaryl/α,β-unsaturated/α-hetero) is 1. The zero-order chi connectivity index (χ0) is 21.4. The van der Waals surface area contributed by atoms with Crippen molar-refractivity contribution in [3.8, 4) is 5.75 Å². The van der Waals surface area contributed by atoms with Gasteiger partial charge in [-0.3, -0.25) is 14.5 Å². The molecule has 7 nitrogen and oxygen atoms in total. The number of aliphatic hydroxyl groups excluding tert-OH is 1. The molecule has 152 valence electrons. The van der Waals surface area contributed by atoms with Gasteiger partial charge in [-0.1, -0.05) is 17.3 Å². The molecule has 2 aromatic carbocycles. The van der Waals surface area contributed by atoms with Gasteiger partial charge in [0.25, 0.3) is 5.78 Å². The zero-order valence-corrected chi connectivity index (χ0v) is 16.1. The van der Waals surface area contributed by atoms with Crippen LogP contribution in [-0.4, -0.2) is 29.1 Å². The third kappa shape index (κ3) is 3.22. The Bertz CT molecular complexity index is 1150. The van der Waals surface area contributed by atoms with Gasteiger partial charge in [-0.05, 0) is 48.9 Å². The van der Waals surface area contributed by atoms with Crippen LogP contribution in [0.25, 0.3) is 5.76 Å². The van der Waals surface area contributed by atoms with Gasteiger partial charge in [0.1, 0.15) is 23.1 Å². The standard InChI is InChI=1S/C22H17FN2O5/c1-12-11-17(24-30-12)25-19(13-3-7-15(23)8-4-13)18(21(27)22(25)28)20(26)14-5-9-16(29-2)10-6-14/h3-11,19,26H,1-2H3/t19-/m1/s1. The maximum absolute atomic E-state index is 13.5. The molecule has 0 radical (unpaired) electrons. The average Bonchev–Trinajstić information content (AvgIpc) is 3.29. The predicted octanol–water partition coefficient (Wildman–Crippen LogP) is 3.76. The summed E-state index contributed by atoms with van der Waals surface area (Å²) in [6.45, 7) is 1.65. The van der Waals surface area contributed by atoms with Crippen molar-refractivity contribution in [1.82, 2.24) is 5.16 Å². The van der Waals surface area contributed by atoms with Crippen molar-refractivity contribution in [3.63, 3.8) is 0 Å². The van der Waals surface area contributed by atoms with E-state index in [1.807, 2.05) is 0 Å². The molecule has 0 spiro atoms. The first-order chi connectivity index (χ1) is 14.4. The molecule has 1 aliphatic heterocycles. The Hall–Kier alpha value is -3.94. The summed E-state index contributed by atoms with van der Waals surface area (Å²) in [4.78, 5) is 26.9. The summed E-state index contributed by atoms with van der Waals surface area (Å²) in [5.41, 5.74) is 0.640. The number of amides is 1. The number of anilines is 1. The van der Waals surface area contributed by atoms with E-state index >= 15 is 0 Å².